The summed E-state index contributed by atoms with van der Waals surface area (Å²) in [5, 5.41) is 4.26. The smallest absolute Gasteiger partial charge is 0.222 e. The maximum Gasteiger partial charge on any atom is 0.222 e. The molecule has 1 amide bonds. The number of nitrogens with zero attached hydrogens (tertiary/aromatic N) is 4. The molecule has 2 N–H and O–H groups in total. The van der Waals surface area contributed by atoms with E-state index in [0.29, 0.717) is 24.5 Å². The van der Waals surface area contributed by atoms with E-state index in [1.165, 1.54) is 32.3 Å². The topological polar surface area (TPSA) is 83.0 Å². The van der Waals surface area contributed by atoms with Crippen LogP contribution in [0.4, 0.5) is 20.4 Å². The van der Waals surface area contributed by atoms with Gasteiger partial charge in [0, 0.05) is 56.2 Å². The second-order valence-electron chi connectivity index (χ2n) is 7.87. The summed E-state index contributed by atoms with van der Waals surface area (Å²) in [6, 6.07) is 2.90. The van der Waals surface area contributed by atoms with Crippen LogP contribution in [-0.2, 0) is 4.79 Å². The maximum absolute atomic E-state index is 14.9. The van der Waals surface area contributed by atoms with Gasteiger partial charge in [0.1, 0.15) is 29.2 Å². The van der Waals surface area contributed by atoms with Gasteiger partial charge in [-0.1, -0.05) is 16.2 Å². The van der Waals surface area contributed by atoms with Crippen molar-refractivity contribution in [2.24, 2.45) is 0 Å². The maximum atomic E-state index is 14.9. The van der Waals surface area contributed by atoms with E-state index in [0.717, 1.165) is 6.54 Å². The van der Waals surface area contributed by atoms with Crippen molar-refractivity contribution < 1.29 is 13.6 Å². The van der Waals surface area contributed by atoms with E-state index in [9.17, 15) is 13.6 Å². The lowest BCUT2D eigenvalue weighted by Crippen LogP contribution is -2.49. The fraction of sp³-hybridized carbons (Fsp3) is 0.500. The zero-order valence-electron chi connectivity index (χ0n) is 17.5. The van der Waals surface area contributed by atoms with Crippen molar-refractivity contribution >= 4 is 26.8 Å². The van der Waals surface area contributed by atoms with Gasteiger partial charge in [0.15, 0.2) is 0 Å². The summed E-state index contributed by atoms with van der Waals surface area (Å²) in [5.74, 6) is -0.845. The lowest BCUT2D eigenvalue weighted by atomic mass is 9.93. The predicted molar refractivity (Wildman–Crippen MR) is 117 cm³/mol. The van der Waals surface area contributed by atoms with E-state index >= 15 is 0 Å². The van der Waals surface area contributed by atoms with Crippen LogP contribution >= 0.6 is 9.24 Å². The third-order valence-electron chi connectivity index (χ3n) is 5.17. The fourth-order valence-electron chi connectivity index (χ4n) is 3.47. The number of carbonyl (C=O) groups excluding carboxylic acids is 1. The number of carbonyl (C=O) groups is 1. The van der Waals surface area contributed by atoms with Gasteiger partial charge in [-0.15, -0.1) is 0 Å². The van der Waals surface area contributed by atoms with Gasteiger partial charge < -0.3 is 15.5 Å². The van der Waals surface area contributed by atoms with Crippen molar-refractivity contribution in [2.75, 3.05) is 29.9 Å². The number of rotatable bonds is 5. The summed E-state index contributed by atoms with van der Waals surface area (Å²) in [4.78, 5) is 26.7. The zero-order valence-corrected chi connectivity index (χ0v) is 18.7. The van der Waals surface area contributed by atoms with E-state index < -0.39 is 17.1 Å². The molecular weight excluding hydrogens is 409 g/mol. The van der Waals surface area contributed by atoms with E-state index in [1.54, 1.807) is 6.92 Å². The van der Waals surface area contributed by atoms with Crippen LogP contribution in [0.3, 0.4) is 0 Å². The predicted octanol–water partition coefficient (Wildman–Crippen LogP) is 3.10. The summed E-state index contributed by atoms with van der Waals surface area (Å²) < 4.78 is 29.4. The van der Waals surface area contributed by atoms with E-state index in [1.807, 2.05) is 4.90 Å². The molecule has 0 bridgehead atoms. The minimum atomic E-state index is -1.71. The van der Waals surface area contributed by atoms with Gasteiger partial charge in [0.2, 0.25) is 5.91 Å². The van der Waals surface area contributed by atoms with Gasteiger partial charge in [0.25, 0.3) is 0 Å². The molecule has 2 aromatic rings. The molecule has 30 heavy (non-hydrogen) atoms. The summed E-state index contributed by atoms with van der Waals surface area (Å²) in [7, 11) is 2.15. The van der Waals surface area contributed by atoms with Crippen molar-refractivity contribution in [3.8, 4) is 11.4 Å². The van der Waals surface area contributed by atoms with Crippen LogP contribution < -0.4 is 15.5 Å². The Morgan fingerprint density at radius 2 is 2.17 bits per heavy atom. The van der Waals surface area contributed by atoms with Crippen LogP contribution in [0.2, 0.25) is 0 Å². The molecule has 7 nitrogen and oxygen atoms in total. The highest BCUT2D eigenvalue weighted by molar-refractivity contribution is 7.18. The third kappa shape index (κ3) is 5.08. The number of alkyl halides is 1. The van der Waals surface area contributed by atoms with Gasteiger partial charge in [-0.05, 0) is 13.8 Å². The van der Waals surface area contributed by atoms with Crippen molar-refractivity contribution in [2.45, 2.75) is 45.1 Å². The average molecular weight is 436 g/mol. The molecule has 1 fully saturated rings. The van der Waals surface area contributed by atoms with Gasteiger partial charge in [-0.2, -0.15) is 0 Å². The fourth-order valence-corrected chi connectivity index (χ4v) is 3.63. The monoisotopic (exact) mass is 436 g/mol. The van der Waals surface area contributed by atoms with E-state index in [2.05, 4.69) is 41.7 Å². The summed E-state index contributed by atoms with van der Waals surface area (Å²) in [5.41, 5.74) is 0.920. The highest BCUT2D eigenvalue weighted by Gasteiger charge is 2.33. The SMILES string of the molecule is CC(=O)Nc1ncnc(-c2cc(F)cc(N3CCN[C@@H](C)C3)n2)c1[C@H](C)C(C)(F)P. The molecule has 1 aliphatic rings. The molecule has 0 aromatic carbocycles. The number of hydrogen-bond acceptors (Lipinski definition) is 6. The quantitative estimate of drug-likeness (QED) is 0.701. The second-order valence-corrected chi connectivity index (χ2v) is 9.00. The number of hydrogen-bond donors (Lipinski definition) is 2. The first-order valence-electron chi connectivity index (χ1n) is 9.82. The number of piperazine rings is 1. The van der Waals surface area contributed by atoms with Crippen LogP contribution in [0.15, 0.2) is 18.5 Å². The number of aromatic nitrogens is 3. The number of amides is 1. The Balaban J connectivity index is 2.14. The molecule has 1 saturated heterocycles. The molecule has 0 radical (unpaired) electrons. The van der Waals surface area contributed by atoms with Crippen molar-refractivity contribution in [3.63, 3.8) is 0 Å². The summed E-state index contributed by atoms with van der Waals surface area (Å²) in [6.45, 7) is 8.62. The van der Waals surface area contributed by atoms with Crippen molar-refractivity contribution in [3.05, 3.63) is 29.8 Å². The highest BCUT2D eigenvalue weighted by Crippen LogP contribution is 2.42. The van der Waals surface area contributed by atoms with E-state index in [4.69, 9.17) is 0 Å². The van der Waals surface area contributed by atoms with Crippen LogP contribution in [0.5, 0.6) is 0 Å². The Morgan fingerprint density at radius 3 is 2.80 bits per heavy atom. The third-order valence-corrected chi connectivity index (χ3v) is 5.67. The van der Waals surface area contributed by atoms with Crippen molar-refractivity contribution in [1.29, 1.82) is 0 Å². The number of pyridine rings is 1. The largest absolute Gasteiger partial charge is 0.354 e. The van der Waals surface area contributed by atoms with Crippen LogP contribution in [0.1, 0.15) is 39.2 Å². The van der Waals surface area contributed by atoms with Gasteiger partial charge >= 0.3 is 0 Å². The van der Waals surface area contributed by atoms with Gasteiger partial charge in [-0.25, -0.2) is 23.7 Å². The van der Waals surface area contributed by atoms with Crippen LogP contribution in [-0.4, -0.2) is 51.9 Å². The minimum Gasteiger partial charge on any atom is -0.354 e. The summed E-state index contributed by atoms with van der Waals surface area (Å²) >= 11 is 0. The van der Waals surface area contributed by atoms with Gasteiger partial charge in [0.05, 0.1) is 11.4 Å². The molecule has 1 aliphatic heterocycles. The van der Waals surface area contributed by atoms with Gasteiger partial charge in [-0.3, -0.25) is 4.79 Å². The molecule has 0 aliphatic carbocycles. The molecule has 2 unspecified atom stereocenters. The molecule has 4 atom stereocenters. The molecule has 0 spiro atoms. The molecule has 2 aromatic heterocycles. The lowest BCUT2D eigenvalue weighted by Gasteiger charge is -2.33. The number of anilines is 2. The molecular formula is C20H27F2N6OP. The standard InChI is InChI=1S/C20H27F2N6OP/c1-11-9-28(6-5-23-11)16-8-14(21)7-15(27-16)18-17(12(2)20(4,22)30)19(25-10-24-18)26-13(3)29/h7-8,10-12,23H,5-6,9,30H2,1-4H3,(H,24,25,26,29)/t11-,12-,20?/m0/s1. The molecule has 162 valence electrons. The Labute approximate surface area is 177 Å². The first kappa shape index (κ1) is 22.4. The Hall–Kier alpha value is -2.25. The lowest BCUT2D eigenvalue weighted by molar-refractivity contribution is -0.114. The molecule has 3 heterocycles. The Kier molecular flexibility index (Phi) is 6.62. The van der Waals surface area contributed by atoms with Crippen LogP contribution in [0, 0.1) is 5.82 Å². The van der Waals surface area contributed by atoms with Crippen LogP contribution in [0.25, 0.3) is 11.4 Å². The summed E-state index contributed by atoms with van der Waals surface area (Å²) in [6.07, 6.45) is 1.26. The number of halogens is 2. The number of nitrogens with one attached hydrogen (secondary N) is 2. The average Bonchev–Trinajstić information content (AvgIpc) is 2.65. The minimum absolute atomic E-state index is 0.190. The first-order chi connectivity index (χ1) is 14.1. The highest BCUT2D eigenvalue weighted by atomic mass is 31.0. The Bertz CT molecular complexity index is 936. The molecule has 0 saturated carbocycles. The van der Waals surface area contributed by atoms with E-state index in [-0.39, 0.29) is 29.2 Å². The van der Waals surface area contributed by atoms with Crippen molar-refractivity contribution in [1.82, 2.24) is 20.3 Å². The molecule has 3 rings (SSSR count). The second kappa shape index (κ2) is 8.86. The first-order valence-corrected chi connectivity index (χ1v) is 10.4. The molecule has 10 heteroatoms. The Morgan fingerprint density at radius 1 is 1.43 bits per heavy atom. The zero-order chi connectivity index (χ0) is 22.1. The normalized spacial score (nSPS) is 19.8.